The standard InChI is InChI=1S/C15H25N5O3S/c1-2-5-14(21)16-8-4-13-24(22,23)20-11-9-19(10-12-20)15-17-6-3-7-18-15/h3,6-7H,2,4-5,8-13H2,1H3,(H,16,21). The Balaban J connectivity index is 1.75. The quantitative estimate of drug-likeness (QED) is 0.671. The minimum atomic E-state index is -3.28. The minimum Gasteiger partial charge on any atom is -0.356 e. The molecule has 1 aliphatic rings. The number of aromatic nitrogens is 2. The highest BCUT2D eigenvalue weighted by Crippen LogP contribution is 2.13. The third-order valence-electron chi connectivity index (χ3n) is 3.85. The first-order valence-corrected chi connectivity index (χ1v) is 9.90. The van der Waals surface area contributed by atoms with Crippen LogP contribution < -0.4 is 10.2 Å². The normalized spacial score (nSPS) is 16.1. The van der Waals surface area contributed by atoms with Gasteiger partial charge in [0.2, 0.25) is 21.9 Å². The summed E-state index contributed by atoms with van der Waals surface area (Å²) in [5.74, 6) is 0.667. The Morgan fingerprint density at radius 1 is 1.21 bits per heavy atom. The first kappa shape index (κ1) is 18.6. The minimum absolute atomic E-state index is 0.0219. The molecule has 2 heterocycles. The molecule has 134 valence electrons. The number of anilines is 1. The van der Waals surface area contributed by atoms with Gasteiger partial charge in [0.05, 0.1) is 5.75 Å². The van der Waals surface area contributed by atoms with E-state index in [0.29, 0.717) is 51.5 Å². The van der Waals surface area contributed by atoms with E-state index in [1.807, 2.05) is 11.8 Å². The summed E-state index contributed by atoms with van der Waals surface area (Å²) >= 11 is 0. The van der Waals surface area contributed by atoms with Gasteiger partial charge in [-0.3, -0.25) is 4.79 Å². The second-order valence-electron chi connectivity index (χ2n) is 5.70. The largest absolute Gasteiger partial charge is 0.356 e. The van der Waals surface area contributed by atoms with Gasteiger partial charge in [0.1, 0.15) is 0 Å². The van der Waals surface area contributed by atoms with Crippen LogP contribution in [0.1, 0.15) is 26.2 Å². The summed E-state index contributed by atoms with van der Waals surface area (Å²) in [6, 6.07) is 1.75. The van der Waals surface area contributed by atoms with Gasteiger partial charge in [-0.2, -0.15) is 4.31 Å². The second-order valence-corrected chi connectivity index (χ2v) is 7.79. The summed E-state index contributed by atoms with van der Waals surface area (Å²) in [4.78, 5) is 21.7. The Morgan fingerprint density at radius 3 is 2.50 bits per heavy atom. The molecule has 0 atom stereocenters. The average molecular weight is 355 g/mol. The molecule has 0 aromatic carbocycles. The number of sulfonamides is 1. The van der Waals surface area contributed by atoms with Gasteiger partial charge in [-0.15, -0.1) is 0 Å². The molecule has 2 rings (SSSR count). The van der Waals surface area contributed by atoms with Gasteiger partial charge in [-0.1, -0.05) is 6.92 Å². The smallest absolute Gasteiger partial charge is 0.225 e. The van der Waals surface area contributed by atoms with Crippen LogP contribution in [0.15, 0.2) is 18.5 Å². The molecule has 1 aromatic rings. The summed E-state index contributed by atoms with van der Waals surface area (Å²) in [7, 11) is -3.28. The van der Waals surface area contributed by atoms with Crippen molar-refractivity contribution in [2.24, 2.45) is 0 Å². The Bertz CT molecular complexity index is 615. The van der Waals surface area contributed by atoms with Crippen LogP contribution in [-0.2, 0) is 14.8 Å². The summed E-state index contributed by atoms with van der Waals surface area (Å²) in [5, 5.41) is 2.74. The maximum absolute atomic E-state index is 12.4. The number of carbonyl (C=O) groups excluding carboxylic acids is 1. The molecule has 8 nitrogen and oxygen atoms in total. The summed E-state index contributed by atoms with van der Waals surface area (Å²) in [6.07, 6.45) is 5.06. The Hall–Kier alpha value is -1.74. The lowest BCUT2D eigenvalue weighted by molar-refractivity contribution is -0.121. The number of carbonyl (C=O) groups is 1. The molecule has 9 heteroatoms. The van der Waals surface area contributed by atoms with Gasteiger partial charge in [-0.05, 0) is 18.9 Å². The van der Waals surface area contributed by atoms with E-state index in [1.54, 1.807) is 18.5 Å². The van der Waals surface area contributed by atoms with E-state index in [1.165, 1.54) is 4.31 Å². The van der Waals surface area contributed by atoms with Crippen molar-refractivity contribution in [1.82, 2.24) is 19.6 Å². The van der Waals surface area contributed by atoms with E-state index >= 15 is 0 Å². The summed E-state index contributed by atoms with van der Waals surface area (Å²) in [6.45, 7) is 4.36. The highest BCUT2D eigenvalue weighted by molar-refractivity contribution is 7.89. The Morgan fingerprint density at radius 2 is 1.88 bits per heavy atom. The second kappa shape index (κ2) is 8.93. The van der Waals surface area contributed by atoms with Gasteiger partial charge in [-0.25, -0.2) is 18.4 Å². The summed E-state index contributed by atoms with van der Waals surface area (Å²) in [5.41, 5.74) is 0. The van der Waals surface area contributed by atoms with Gasteiger partial charge in [0, 0.05) is 51.5 Å². The molecule has 1 saturated heterocycles. The molecule has 0 saturated carbocycles. The van der Waals surface area contributed by atoms with Crippen molar-refractivity contribution in [3.05, 3.63) is 18.5 Å². The van der Waals surface area contributed by atoms with E-state index in [4.69, 9.17) is 0 Å². The zero-order chi connectivity index (χ0) is 17.4. The molecule has 1 N–H and O–H groups in total. The predicted octanol–water partition coefficient (Wildman–Crippen LogP) is 0.235. The number of nitrogens with one attached hydrogen (secondary N) is 1. The molecule has 0 bridgehead atoms. The number of hydrogen-bond donors (Lipinski definition) is 1. The first-order chi connectivity index (χ1) is 11.5. The average Bonchev–Trinajstić information content (AvgIpc) is 2.60. The maximum Gasteiger partial charge on any atom is 0.225 e. The molecule has 24 heavy (non-hydrogen) atoms. The Kier molecular flexibility index (Phi) is 6.92. The predicted molar refractivity (Wildman–Crippen MR) is 92.1 cm³/mol. The van der Waals surface area contributed by atoms with Crippen molar-refractivity contribution in [1.29, 1.82) is 0 Å². The van der Waals surface area contributed by atoms with Crippen LogP contribution in [0.4, 0.5) is 5.95 Å². The molecule has 0 spiro atoms. The van der Waals surface area contributed by atoms with Gasteiger partial charge >= 0.3 is 0 Å². The molecule has 1 amide bonds. The van der Waals surface area contributed by atoms with Crippen molar-refractivity contribution in [3.8, 4) is 0 Å². The first-order valence-electron chi connectivity index (χ1n) is 8.29. The van der Waals surface area contributed by atoms with Crippen LogP contribution in [0.25, 0.3) is 0 Å². The van der Waals surface area contributed by atoms with Crippen LogP contribution in [-0.4, -0.2) is 67.1 Å². The third kappa shape index (κ3) is 5.41. The number of hydrogen-bond acceptors (Lipinski definition) is 6. The van der Waals surface area contributed by atoms with Crippen molar-refractivity contribution >= 4 is 21.9 Å². The molecule has 0 radical (unpaired) electrons. The molecular weight excluding hydrogens is 330 g/mol. The lowest BCUT2D eigenvalue weighted by atomic mass is 10.3. The van der Waals surface area contributed by atoms with Crippen LogP contribution in [0.3, 0.4) is 0 Å². The molecule has 1 fully saturated rings. The lowest BCUT2D eigenvalue weighted by Gasteiger charge is -2.33. The summed E-state index contributed by atoms with van der Waals surface area (Å²) < 4.78 is 26.2. The van der Waals surface area contributed by atoms with E-state index in [0.717, 1.165) is 6.42 Å². The van der Waals surface area contributed by atoms with Gasteiger partial charge in [0.15, 0.2) is 0 Å². The molecule has 1 aromatic heterocycles. The lowest BCUT2D eigenvalue weighted by Crippen LogP contribution is -2.49. The van der Waals surface area contributed by atoms with E-state index in [9.17, 15) is 13.2 Å². The van der Waals surface area contributed by atoms with Gasteiger partial charge in [0.25, 0.3) is 0 Å². The zero-order valence-corrected chi connectivity index (χ0v) is 14.8. The van der Waals surface area contributed by atoms with E-state index in [2.05, 4.69) is 15.3 Å². The molecular formula is C15H25N5O3S. The number of nitrogens with zero attached hydrogens (tertiary/aromatic N) is 4. The number of piperazine rings is 1. The fourth-order valence-corrected chi connectivity index (χ4v) is 4.03. The highest BCUT2D eigenvalue weighted by Gasteiger charge is 2.27. The molecule has 1 aliphatic heterocycles. The van der Waals surface area contributed by atoms with Crippen LogP contribution >= 0.6 is 0 Å². The Labute approximate surface area is 143 Å². The van der Waals surface area contributed by atoms with Crippen molar-refractivity contribution in [2.45, 2.75) is 26.2 Å². The zero-order valence-electron chi connectivity index (χ0n) is 14.0. The molecule has 0 aliphatic carbocycles. The third-order valence-corrected chi connectivity index (χ3v) is 5.80. The van der Waals surface area contributed by atoms with Crippen molar-refractivity contribution in [3.63, 3.8) is 0 Å². The highest BCUT2D eigenvalue weighted by atomic mass is 32.2. The van der Waals surface area contributed by atoms with Crippen LogP contribution in [0.2, 0.25) is 0 Å². The van der Waals surface area contributed by atoms with Crippen LogP contribution in [0.5, 0.6) is 0 Å². The topological polar surface area (TPSA) is 95.5 Å². The van der Waals surface area contributed by atoms with Crippen molar-refractivity contribution < 1.29 is 13.2 Å². The maximum atomic E-state index is 12.4. The van der Waals surface area contributed by atoms with Gasteiger partial charge < -0.3 is 10.2 Å². The SMILES string of the molecule is CCCC(=O)NCCCS(=O)(=O)N1CCN(c2ncccn2)CC1. The fraction of sp³-hybridized carbons (Fsp3) is 0.667. The van der Waals surface area contributed by atoms with E-state index < -0.39 is 10.0 Å². The monoisotopic (exact) mass is 355 g/mol. The number of amides is 1. The fourth-order valence-electron chi connectivity index (χ4n) is 2.55. The van der Waals surface area contributed by atoms with Crippen molar-refractivity contribution in [2.75, 3.05) is 43.4 Å². The van der Waals surface area contributed by atoms with E-state index in [-0.39, 0.29) is 11.7 Å². The number of rotatable bonds is 8. The van der Waals surface area contributed by atoms with Crippen LogP contribution in [0, 0.1) is 0 Å². The molecule has 0 unspecified atom stereocenters.